The lowest BCUT2D eigenvalue weighted by molar-refractivity contribution is 0.117. The summed E-state index contributed by atoms with van der Waals surface area (Å²) in [6.45, 7) is 6.77. The summed E-state index contributed by atoms with van der Waals surface area (Å²) in [6, 6.07) is 8.62. The Hall–Kier alpha value is -1.92. The van der Waals surface area contributed by atoms with Gasteiger partial charge in [0.1, 0.15) is 5.01 Å². The summed E-state index contributed by atoms with van der Waals surface area (Å²) in [5.74, 6) is 0.411. The van der Waals surface area contributed by atoms with Gasteiger partial charge in [0.05, 0.1) is 12.3 Å². The van der Waals surface area contributed by atoms with Crippen LogP contribution in [0.5, 0.6) is 0 Å². The Morgan fingerprint density at radius 3 is 2.72 bits per heavy atom. The predicted molar refractivity (Wildman–Crippen MR) is 102 cm³/mol. The van der Waals surface area contributed by atoms with Crippen LogP contribution >= 0.6 is 11.3 Å². The van der Waals surface area contributed by atoms with Gasteiger partial charge in [-0.05, 0) is 51.7 Å². The fraction of sp³-hybridized carbons (Fsp3) is 0.474. The van der Waals surface area contributed by atoms with Crippen molar-refractivity contribution in [1.29, 1.82) is 0 Å². The molecule has 0 bridgehead atoms. The summed E-state index contributed by atoms with van der Waals surface area (Å²) < 4.78 is 5.48. The number of para-hydroxylation sites is 1. The molecule has 2 heterocycles. The van der Waals surface area contributed by atoms with E-state index in [4.69, 9.17) is 4.74 Å². The SMILES string of the molecule is Cc1csc(-c2ccccc2NC(=O)OCC2C[C@H](C)N[C@@H](C)C2)n1. The molecule has 1 aromatic heterocycles. The monoisotopic (exact) mass is 359 g/mol. The van der Waals surface area contributed by atoms with Crippen molar-refractivity contribution in [1.82, 2.24) is 10.3 Å². The lowest BCUT2D eigenvalue weighted by Gasteiger charge is -2.32. The van der Waals surface area contributed by atoms with Gasteiger partial charge in [-0.15, -0.1) is 11.3 Å². The van der Waals surface area contributed by atoms with E-state index in [0.29, 0.717) is 24.6 Å². The van der Waals surface area contributed by atoms with E-state index in [1.54, 1.807) is 11.3 Å². The number of aryl methyl sites for hydroxylation is 1. The minimum absolute atomic E-state index is 0.403. The second-order valence-corrected chi connectivity index (χ2v) is 7.73. The minimum Gasteiger partial charge on any atom is -0.449 e. The number of hydrogen-bond donors (Lipinski definition) is 2. The van der Waals surface area contributed by atoms with Crippen LogP contribution in [-0.2, 0) is 4.74 Å². The molecule has 2 N–H and O–H groups in total. The number of piperidine rings is 1. The number of carbonyl (C=O) groups excluding carboxylic acids is 1. The van der Waals surface area contributed by atoms with Crippen molar-refractivity contribution in [2.75, 3.05) is 11.9 Å². The predicted octanol–water partition coefficient (Wildman–Crippen LogP) is 4.44. The Morgan fingerprint density at radius 1 is 1.32 bits per heavy atom. The quantitative estimate of drug-likeness (QED) is 0.847. The standard InChI is InChI=1S/C19H25N3O2S/c1-12-8-15(9-13(2)20-12)10-24-19(23)22-17-7-5-4-6-16(17)18-21-14(3)11-25-18/h4-7,11-13,15,20H,8-10H2,1-3H3,(H,22,23)/t12-,13-/m0/s1. The highest BCUT2D eigenvalue weighted by Gasteiger charge is 2.24. The molecular formula is C19H25N3O2S. The Bertz CT molecular complexity index is 721. The number of anilines is 1. The first-order valence-corrected chi connectivity index (χ1v) is 9.60. The molecule has 1 aliphatic heterocycles. The number of carbonyl (C=O) groups is 1. The first kappa shape index (κ1) is 17.9. The zero-order valence-electron chi connectivity index (χ0n) is 14.9. The summed E-state index contributed by atoms with van der Waals surface area (Å²) in [4.78, 5) is 16.7. The van der Waals surface area contributed by atoms with E-state index in [-0.39, 0.29) is 0 Å². The number of nitrogens with zero attached hydrogens (tertiary/aromatic N) is 1. The smallest absolute Gasteiger partial charge is 0.411 e. The van der Waals surface area contributed by atoms with Crippen LogP contribution in [0.15, 0.2) is 29.6 Å². The van der Waals surface area contributed by atoms with E-state index in [1.165, 1.54) is 0 Å². The lowest BCUT2D eigenvalue weighted by Crippen LogP contribution is -2.43. The van der Waals surface area contributed by atoms with Gasteiger partial charge in [0.25, 0.3) is 0 Å². The third kappa shape index (κ3) is 4.80. The molecule has 0 radical (unpaired) electrons. The molecule has 25 heavy (non-hydrogen) atoms. The molecule has 2 atom stereocenters. The van der Waals surface area contributed by atoms with Gasteiger partial charge in [0, 0.05) is 28.7 Å². The van der Waals surface area contributed by atoms with Crippen LogP contribution in [0.4, 0.5) is 10.5 Å². The van der Waals surface area contributed by atoms with Crippen molar-refractivity contribution < 1.29 is 9.53 Å². The molecule has 3 rings (SSSR count). The average Bonchev–Trinajstić information content (AvgIpc) is 2.99. The molecule has 1 aliphatic rings. The van der Waals surface area contributed by atoms with E-state index in [1.807, 2.05) is 36.6 Å². The van der Waals surface area contributed by atoms with Crippen molar-refractivity contribution in [2.24, 2.45) is 5.92 Å². The summed E-state index contributed by atoms with van der Waals surface area (Å²) in [5.41, 5.74) is 2.63. The van der Waals surface area contributed by atoms with Crippen LogP contribution < -0.4 is 10.6 Å². The molecule has 1 fully saturated rings. The molecule has 0 aliphatic carbocycles. The van der Waals surface area contributed by atoms with Gasteiger partial charge in [-0.1, -0.05) is 12.1 Å². The number of benzene rings is 1. The molecule has 1 aromatic carbocycles. The highest BCUT2D eigenvalue weighted by molar-refractivity contribution is 7.13. The number of thiazole rings is 1. The second kappa shape index (κ2) is 7.97. The van der Waals surface area contributed by atoms with Crippen molar-refractivity contribution in [3.8, 4) is 10.6 Å². The van der Waals surface area contributed by atoms with Gasteiger partial charge in [-0.2, -0.15) is 0 Å². The maximum Gasteiger partial charge on any atom is 0.411 e. The molecule has 5 nitrogen and oxygen atoms in total. The number of rotatable bonds is 4. The van der Waals surface area contributed by atoms with E-state index in [9.17, 15) is 4.79 Å². The Labute approximate surface area is 152 Å². The number of amides is 1. The first-order chi connectivity index (χ1) is 12.0. The number of hydrogen-bond acceptors (Lipinski definition) is 5. The average molecular weight is 359 g/mol. The van der Waals surface area contributed by atoms with E-state index in [0.717, 1.165) is 34.8 Å². The van der Waals surface area contributed by atoms with Crippen molar-refractivity contribution in [3.05, 3.63) is 35.3 Å². The second-order valence-electron chi connectivity index (χ2n) is 6.87. The van der Waals surface area contributed by atoms with Crippen LogP contribution in [0.25, 0.3) is 10.6 Å². The number of nitrogens with one attached hydrogen (secondary N) is 2. The van der Waals surface area contributed by atoms with Gasteiger partial charge >= 0.3 is 6.09 Å². The molecule has 0 saturated carbocycles. The van der Waals surface area contributed by atoms with Gasteiger partial charge in [-0.25, -0.2) is 9.78 Å². The fourth-order valence-corrected chi connectivity index (χ4v) is 4.29. The Balaban J connectivity index is 1.60. The van der Waals surface area contributed by atoms with Crippen LogP contribution in [0.3, 0.4) is 0 Å². The van der Waals surface area contributed by atoms with Crippen LogP contribution in [0.2, 0.25) is 0 Å². The van der Waals surface area contributed by atoms with Crippen LogP contribution in [-0.4, -0.2) is 29.8 Å². The van der Waals surface area contributed by atoms with Crippen LogP contribution in [0, 0.1) is 12.8 Å². The summed E-state index contributed by atoms with van der Waals surface area (Å²) in [7, 11) is 0. The van der Waals surface area contributed by atoms with Crippen molar-refractivity contribution in [2.45, 2.75) is 45.7 Å². The third-order valence-corrected chi connectivity index (χ3v) is 5.40. The summed E-state index contributed by atoms with van der Waals surface area (Å²) in [5, 5.41) is 9.27. The van der Waals surface area contributed by atoms with E-state index in [2.05, 4.69) is 29.5 Å². The van der Waals surface area contributed by atoms with Gasteiger partial charge in [0.15, 0.2) is 0 Å². The Kier molecular flexibility index (Phi) is 5.71. The van der Waals surface area contributed by atoms with Crippen molar-refractivity contribution in [3.63, 3.8) is 0 Å². The highest BCUT2D eigenvalue weighted by atomic mass is 32.1. The third-order valence-electron chi connectivity index (χ3n) is 4.41. The molecule has 1 amide bonds. The molecule has 1 saturated heterocycles. The normalized spacial score (nSPS) is 23.2. The molecule has 6 heteroatoms. The zero-order valence-corrected chi connectivity index (χ0v) is 15.7. The molecule has 134 valence electrons. The molecule has 0 spiro atoms. The number of ether oxygens (including phenoxy) is 1. The molecule has 2 aromatic rings. The fourth-order valence-electron chi connectivity index (χ4n) is 3.45. The van der Waals surface area contributed by atoms with Crippen molar-refractivity contribution >= 4 is 23.1 Å². The molecular weight excluding hydrogens is 334 g/mol. The van der Waals surface area contributed by atoms with Gasteiger partial charge in [-0.3, -0.25) is 5.32 Å². The van der Waals surface area contributed by atoms with Crippen LogP contribution in [0.1, 0.15) is 32.4 Å². The van der Waals surface area contributed by atoms with Gasteiger partial charge in [0.2, 0.25) is 0 Å². The zero-order chi connectivity index (χ0) is 17.8. The Morgan fingerprint density at radius 2 is 2.04 bits per heavy atom. The maximum absolute atomic E-state index is 12.2. The lowest BCUT2D eigenvalue weighted by atomic mass is 9.90. The van der Waals surface area contributed by atoms with Gasteiger partial charge < -0.3 is 10.1 Å². The highest BCUT2D eigenvalue weighted by Crippen LogP contribution is 2.30. The summed E-state index contributed by atoms with van der Waals surface area (Å²) in [6.07, 6.45) is 1.67. The summed E-state index contributed by atoms with van der Waals surface area (Å²) >= 11 is 1.57. The van der Waals surface area contributed by atoms with E-state index >= 15 is 0 Å². The number of aromatic nitrogens is 1. The topological polar surface area (TPSA) is 63.2 Å². The maximum atomic E-state index is 12.2. The minimum atomic E-state index is -0.403. The molecule has 0 unspecified atom stereocenters. The first-order valence-electron chi connectivity index (χ1n) is 8.72. The van der Waals surface area contributed by atoms with E-state index < -0.39 is 6.09 Å². The largest absolute Gasteiger partial charge is 0.449 e.